The number of nitrogens with zero attached hydrogens (tertiary/aromatic N) is 3. The first-order valence-electron chi connectivity index (χ1n) is 11.4. The van der Waals surface area contributed by atoms with Gasteiger partial charge >= 0.3 is 0 Å². The molecule has 0 unspecified atom stereocenters. The van der Waals surface area contributed by atoms with Crippen LogP contribution < -0.4 is 0 Å². The molecule has 9 heteroatoms. The van der Waals surface area contributed by atoms with Gasteiger partial charge in [-0.1, -0.05) is 42.5 Å². The summed E-state index contributed by atoms with van der Waals surface area (Å²) in [6.45, 7) is 3.17. The number of carbonyl (C=O) groups is 3. The normalized spacial score (nSPS) is 17.7. The van der Waals surface area contributed by atoms with Gasteiger partial charge in [-0.05, 0) is 30.5 Å². The van der Waals surface area contributed by atoms with Gasteiger partial charge < -0.3 is 4.90 Å². The summed E-state index contributed by atoms with van der Waals surface area (Å²) in [4.78, 5) is 44.4. The molecule has 0 aromatic heterocycles. The van der Waals surface area contributed by atoms with Crippen LogP contribution in [0.3, 0.4) is 0 Å². The molecular weight excluding hydrogens is 454 g/mol. The van der Waals surface area contributed by atoms with Gasteiger partial charge in [0.15, 0.2) is 0 Å². The third-order valence-corrected chi connectivity index (χ3v) is 7.41. The van der Waals surface area contributed by atoms with Crippen molar-refractivity contribution in [3.63, 3.8) is 0 Å². The molecule has 1 fully saturated rings. The summed E-state index contributed by atoms with van der Waals surface area (Å²) in [5, 5.41) is 0. The van der Waals surface area contributed by atoms with Crippen molar-refractivity contribution in [2.24, 2.45) is 0 Å². The van der Waals surface area contributed by atoms with Crippen LogP contribution in [0.4, 0.5) is 0 Å². The SMILES string of the molecule is CS(=O)(=O)CC[C@@H](C(=O)N1CCN(CCc2ccccc2)CC1)N1C(=O)c2ccccc2C1=O. The fraction of sp³-hybridized carbons (Fsp3) is 0.400. The summed E-state index contributed by atoms with van der Waals surface area (Å²) in [6, 6.07) is 15.5. The van der Waals surface area contributed by atoms with Crippen LogP contribution in [0.15, 0.2) is 54.6 Å². The molecule has 2 aromatic carbocycles. The second-order valence-corrected chi connectivity index (χ2v) is 11.1. The lowest BCUT2D eigenvalue weighted by atomic mass is 10.1. The number of piperazine rings is 1. The van der Waals surface area contributed by atoms with Crippen LogP contribution in [0.25, 0.3) is 0 Å². The van der Waals surface area contributed by atoms with Crippen LogP contribution >= 0.6 is 0 Å². The molecule has 8 nitrogen and oxygen atoms in total. The Kier molecular flexibility index (Phi) is 7.13. The van der Waals surface area contributed by atoms with Crippen LogP contribution in [-0.4, -0.2) is 91.6 Å². The van der Waals surface area contributed by atoms with Gasteiger partial charge in [-0.15, -0.1) is 0 Å². The lowest BCUT2D eigenvalue weighted by Gasteiger charge is -2.37. The summed E-state index contributed by atoms with van der Waals surface area (Å²) < 4.78 is 23.7. The van der Waals surface area contributed by atoms with Gasteiger partial charge in [0.1, 0.15) is 15.9 Å². The predicted molar refractivity (Wildman–Crippen MR) is 128 cm³/mol. The van der Waals surface area contributed by atoms with E-state index in [9.17, 15) is 22.8 Å². The zero-order valence-corrected chi connectivity index (χ0v) is 20.0. The summed E-state index contributed by atoms with van der Waals surface area (Å²) >= 11 is 0. The van der Waals surface area contributed by atoms with Gasteiger partial charge in [0.2, 0.25) is 5.91 Å². The molecule has 4 rings (SSSR count). The zero-order chi connectivity index (χ0) is 24.3. The van der Waals surface area contributed by atoms with Crippen molar-refractivity contribution in [1.29, 1.82) is 0 Å². The van der Waals surface area contributed by atoms with E-state index in [1.165, 1.54) is 5.56 Å². The highest BCUT2D eigenvalue weighted by Gasteiger charge is 2.44. The fourth-order valence-electron chi connectivity index (χ4n) is 4.51. The average Bonchev–Trinajstić information content (AvgIpc) is 3.08. The number of rotatable bonds is 8. The Balaban J connectivity index is 1.44. The second-order valence-electron chi connectivity index (χ2n) is 8.86. The van der Waals surface area contributed by atoms with Crippen molar-refractivity contribution >= 4 is 27.6 Å². The molecule has 0 bridgehead atoms. The van der Waals surface area contributed by atoms with E-state index in [0.29, 0.717) is 26.2 Å². The first kappa shape index (κ1) is 24.1. The second kappa shape index (κ2) is 10.1. The number of benzene rings is 2. The minimum absolute atomic E-state index is 0.114. The Morgan fingerprint density at radius 2 is 1.44 bits per heavy atom. The van der Waals surface area contributed by atoms with E-state index in [1.54, 1.807) is 29.2 Å². The number of carbonyl (C=O) groups excluding carboxylic acids is 3. The fourth-order valence-corrected chi connectivity index (χ4v) is 5.17. The van der Waals surface area contributed by atoms with Crippen molar-refractivity contribution in [3.8, 4) is 0 Å². The van der Waals surface area contributed by atoms with E-state index in [1.807, 2.05) is 18.2 Å². The number of imide groups is 1. The Labute approximate surface area is 200 Å². The molecular formula is C25H29N3O5S. The molecule has 1 atom stereocenters. The lowest BCUT2D eigenvalue weighted by Crippen LogP contribution is -2.56. The van der Waals surface area contributed by atoms with Gasteiger partial charge in [0, 0.05) is 39.0 Å². The van der Waals surface area contributed by atoms with E-state index in [-0.39, 0.29) is 29.2 Å². The van der Waals surface area contributed by atoms with E-state index in [0.717, 1.165) is 24.1 Å². The Morgan fingerprint density at radius 1 is 0.882 bits per heavy atom. The number of sulfone groups is 1. The zero-order valence-electron chi connectivity index (χ0n) is 19.2. The maximum atomic E-state index is 13.5. The largest absolute Gasteiger partial charge is 0.338 e. The van der Waals surface area contributed by atoms with Crippen LogP contribution in [0, 0.1) is 0 Å². The van der Waals surface area contributed by atoms with E-state index in [4.69, 9.17) is 0 Å². The number of fused-ring (bicyclic) bond motifs is 1. The minimum atomic E-state index is -3.39. The highest BCUT2D eigenvalue weighted by atomic mass is 32.2. The molecule has 34 heavy (non-hydrogen) atoms. The Bertz CT molecular complexity index is 1140. The van der Waals surface area contributed by atoms with Crippen molar-refractivity contribution < 1.29 is 22.8 Å². The summed E-state index contributed by atoms with van der Waals surface area (Å²) in [5.74, 6) is -1.75. The molecule has 0 radical (unpaired) electrons. The molecule has 0 aliphatic carbocycles. The van der Waals surface area contributed by atoms with Gasteiger partial charge in [-0.3, -0.25) is 24.2 Å². The highest BCUT2D eigenvalue weighted by Crippen LogP contribution is 2.27. The summed E-state index contributed by atoms with van der Waals surface area (Å²) in [6.07, 6.45) is 1.89. The molecule has 1 saturated heterocycles. The van der Waals surface area contributed by atoms with E-state index >= 15 is 0 Å². The van der Waals surface area contributed by atoms with Crippen LogP contribution in [-0.2, 0) is 21.1 Å². The van der Waals surface area contributed by atoms with Crippen LogP contribution in [0.5, 0.6) is 0 Å². The monoisotopic (exact) mass is 483 g/mol. The van der Waals surface area contributed by atoms with Gasteiger partial charge in [-0.25, -0.2) is 8.42 Å². The molecule has 180 valence electrons. The first-order chi connectivity index (χ1) is 16.2. The van der Waals surface area contributed by atoms with Crippen molar-refractivity contribution in [1.82, 2.24) is 14.7 Å². The molecule has 0 N–H and O–H groups in total. The highest BCUT2D eigenvalue weighted by molar-refractivity contribution is 7.90. The van der Waals surface area contributed by atoms with Gasteiger partial charge in [0.05, 0.1) is 16.9 Å². The number of hydrogen-bond acceptors (Lipinski definition) is 6. The smallest absolute Gasteiger partial charge is 0.262 e. The third-order valence-electron chi connectivity index (χ3n) is 6.43. The van der Waals surface area contributed by atoms with Gasteiger partial charge in [-0.2, -0.15) is 0 Å². The molecule has 2 aromatic rings. The lowest BCUT2D eigenvalue weighted by molar-refractivity contribution is -0.137. The quantitative estimate of drug-likeness (QED) is 0.528. The average molecular weight is 484 g/mol. The summed E-state index contributed by atoms with van der Waals surface area (Å²) in [7, 11) is -3.39. The van der Waals surface area contributed by atoms with Crippen molar-refractivity contribution in [2.45, 2.75) is 18.9 Å². The molecule has 0 saturated carbocycles. The maximum absolute atomic E-state index is 13.5. The van der Waals surface area contributed by atoms with Gasteiger partial charge in [0.25, 0.3) is 11.8 Å². The molecule has 2 aliphatic heterocycles. The first-order valence-corrected chi connectivity index (χ1v) is 13.5. The van der Waals surface area contributed by atoms with Crippen molar-refractivity contribution in [2.75, 3.05) is 44.7 Å². The van der Waals surface area contributed by atoms with Crippen molar-refractivity contribution in [3.05, 3.63) is 71.3 Å². The van der Waals surface area contributed by atoms with Crippen LogP contribution in [0.1, 0.15) is 32.7 Å². The predicted octanol–water partition coefficient (Wildman–Crippen LogP) is 1.47. The Hall–Kier alpha value is -3.04. The number of amides is 3. The van der Waals surface area contributed by atoms with Crippen LogP contribution in [0.2, 0.25) is 0 Å². The Morgan fingerprint density at radius 3 is 2.00 bits per heavy atom. The molecule has 0 spiro atoms. The molecule has 2 heterocycles. The third kappa shape index (κ3) is 5.37. The standard InChI is InChI=1S/C25H29N3O5S/c1-34(32,33)18-12-22(28-23(29)20-9-5-6-10-21(20)24(28)30)25(31)27-16-14-26(15-17-27)13-11-19-7-3-2-4-8-19/h2-10,22H,11-18H2,1H3/t22-/m0/s1. The molecule has 2 aliphatic rings. The number of hydrogen-bond donors (Lipinski definition) is 0. The van der Waals surface area contributed by atoms with E-state index in [2.05, 4.69) is 17.0 Å². The topological polar surface area (TPSA) is 95.1 Å². The summed E-state index contributed by atoms with van der Waals surface area (Å²) in [5.41, 5.74) is 1.75. The van der Waals surface area contributed by atoms with E-state index < -0.39 is 27.7 Å². The minimum Gasteiger partial charge on any atom is -0.338 e. The maximum Gasteiger partial charge on any atom is 0.262 e. The molecule has 3 amide bonds.